The normalized spacial score (nSPS) is 32.6. The Bertz CT molecular complexity index is 253. The van der Waals surface area contributed by atoms with Gasteiger partial charge in [0, 0.05) is 11.3 Å². The molecule has 0 aromatic rings. The molecule has 2 rings (SSSR count). The summed E-state index contributed by atoms with van der Waals surface area (Å²) >= 11 is 6.07. The highest BCUT2D eigenvalue weighted by molar-refractivity contribution is 6.20. The van der Waals surface area contributed by atoms with Crippen LogP contribution in [-0.4, -0.2) is 35.7 Å². The van der Waals surface area contributed by atoms with Crippen LogP contribution in [0.3, 0.4) is 0 Å². The summed E-state index contributed by atoms with van der Waals surface area (Å²) in [7, 11) is 0. The van der Waals surface area contributed by atoms with E-state index in [1.807, 2.05) is 0 Å². The third kappa shape index (κ3) is 3.96. The monoisotopic (exact) mass is 257 g/mol. The van der Waals surface area contributed by atoms with Crippen molar-refractivity contribution in [3.8, 4) is 0 Å². The lowest BCUT2D eigenvalue weighted by molar-refractivity contribution is -0.125. The number of Topliss-reactive ketones (excluding diaryl/α,β-unsaturated/α-hetero) is 1. The summed E-state index contributed by atoms with van der Waals surface area (Å²) in [6.07, 6.45) is 6.57. The summed E-state index contributed by atoms with van der Waals surface area (Å²) in [5, 5.41) is 0.315. The molecule has 1 saturated heterocycles. The summed E-state index contributed by atoms with van der Waals surface area (Å²) in [5.74, 6) is 1.60. The van der Waals surface area contributed by atoms with E-state index in [0.717, 1.165) is 44.7 Å². The average molecular weight is 258 g/mol. The first-order valence-electron chi connectivity index (χ1n) is 7.04. The fourth-order valence-electron chi connectivity index (χ4n) is 2.94. The summed E-state index contributed by atoms with van der Waals surface area (Å²) in [5.41, 5.74) is 0. The number of piperidine rings is 1. The number of rotatable bonds is 3. The smallest absolute Gasteiger partial charge is 0.149 e. The van der Waals surface area contributed by atoms with E-state index in [0.29, 0.717) is 23.6 Å². The Morgan fingerprint density at radius 2 is 1.71 bits per heavy atom. The molecule has 0 aromatic carbocycles. The topological polar surface area (TPSA) is 20.3 Å². The molecule has 2 nitrogen and oxygen atoms in total. The number of hydrogen-bond donors (Lipinski definition) is 0. The molecule has 0 radical (unpaired) electrons. The first kappa shape index (κ1) is 13.4. The van der Waals surface area contributed by atoms with E-state index in [9.17, 15) is 4.79 Å². The maximum absolute atomic E-state index is 12.2. The van der Waals surface area contributed by atoms with Crippen LogP contribution < -0.4 is 0 Å². The van der Waals surface area contributed by atoms with Crippen LogP contribution >= 0.6 is 11.6 Å². The minimum absolute atomic E-state index is 0.296. The molecule has 1 aliphatic carbocycles. The standard InChI is InChI=1S/C14H24ClNO/c1-11-6-8-16(9-7-11)10-14(17)12-2-4-13(15)5-3-12/h11-13H,2-10H2,1H3. The summed E-state index contributed by atoms with van der Waals surface area (Å²) in [6.45, 7) is 5.21. The number of alkyl halides is 1. The minimum atomic E-state index is 0.296. The van der Waals surface area contributed by atoms with Gasteiger partial charge in [-0.3, -0.25) is 9.69 Å². The van der Waals surface area contributed by atoms with Gasteiger partial charge in [-0.2, -0.15) is 0 Å². The van der Waals surface area contributed by atoms with Crippen molar-refractivity contribution < 1.29 is 4.79 Å². The van der Waals surface area contributed by atoms with E-state index < -0.39 is 0 Å². The summed E-state index contributed by atoms with van der Waals surface area (Å²) in [6, 6.07) is 0. The Morgan fingerprint density at radius 1 is 1.12 bits per heavy atom. The number of carbonyl (C=O) groups is 1. The van der Waals surface area contributed by atoms with E-state index in [-0.39, 0.29) is 0 Å². The Morgan fingerprint density at radius 3 is 2.29 bits per heavy atom. The lowest BCUT2D eigenvalue weighted by Gasteiger charge is -2.31. The number of carbonyl (C=O) groups excluding carboxylic acids is 1. The van der Waals surface area contributed by atoms with Crippen LogP contribution in [0.5, 0.6) is 0 Å². The molecule has 0 bridgehead atoms. The first-order chi connectivity index (χ1) is 8.15. The van der Waals surface area contributed by atoms with Gasteiger partial charge in [0.25, 0.3) is 0 Å². The Labute approximate surface area is 110 Å². The van der Waals surface area contributed by atoms with Gasteiger partial charge >= 0.3 is 0 Å². The van der Waals surface area contributed by atoms with E-state index in [1.54, 1.807) is 0 Å². The SMILES string of the molecule is CC1CCN(CC(=O)C2CCC(Cl)CC2)CC1. The minimum Gasteiger partial charge on any atom is -0.298 e. The Balaban J connectivity index is 1.73. The second-order valence-corrected chi connectivity index (χ2v) is 6.49. The quantitative estimate of drug-likeness (QED) is 0.725. The molecule has 1 heterocycles. The van der Waals surface area contributed by atoms with Gasteiger partial charge in [0.05, 0.1) is 6.54 Å². The van der Waals surface area contributed by atoms with Crippen LogP contribution in [0.15, 0.2) is 0 Å². The number of nitrogens with zero attached hydrogens (tertiary/aromatic N) is 1. The molecule has 0 spiro atoms. The fourth-order valence-corrected chi connectivity index (χ4v) is 3.20. The van der Waals surface area contributed by atoms with Crippen molar-refractivity contribution in [3.05, 3.63) is 0 Å². The van der Waals surface area contributed by atoms with Crippen molar-refractivity contribution >= 4 is 17.4 Å². The van der Waals surface area contributed by atoms with Crippen molar-refractivity contribution in [2.24, 2.45) is 11.8 Å². The van der Waals surface area contributed by atoms with E-state index in [2.05, 4.69) is 11.8 Å². The van der Waals surface area contributed by atoms with E-state index >= 15 is 0 Å². The molecule has 0 atom stereocenters. The van der Waals surface area contributed by atoms with Gasteiger partial charge in [0.1, 0.15) is 5.78 Å². The van der Waals surface area contributed by atoms with Gasteiger partial charge in [0.15, 0.2) is 0 Å². The van der Waals surface area contributed by atoms with Crippen molar-refractivity contribution in [2.45, 2.75) is 50.8 Å². The summed E-state index contributed by atoms with van der Waals surface area (Å²) < 4.78 is 0. The molecule has 0 amide bonds. The maximum atomic E-state index is 12.2. The van der Waals surface area contributed by atoms with Crippen molar-refractivity contribution in [1.82, 2.24) is 4.90 Å². The van der Waals surface area contributed by atoms with Gasteiger partial charge in [-0.15, -0.1) is 11.6 Å². The molecule has 98 valence electrons. The highest BCUT2D eigenvalue weighted by Crippen LogP contribution is 2.28. The Kier molecular flexibility index (Phi) is 4.87. The molecule has 2 fully saturated rings. The summed E-state index contributed by atoms with van der Waals surface area (Å²) in [4.78, 5) is 14.5. The van der Waals surface area contributed by atoms with Gasteiger partial charge in [-0.1, -0.05) is 6.92 Å². The predicted molar refractivity (Wildman–Crippen MR) is 71.4 cm³/mol. The molecule has 1 saturated carbocycles. The maximum Gasteiger partial charge on any atom is 0.149 e. The zero-order valence-electron chi connectivity index (χ0n) is 10.8. The second kappa shape index (κ2) is 6.19. The Hall–Kier alpha value is -0.0800. The van der Waals surface area contributed by atoms with Gasteiger partial charge in [-0.25, -0.2) is 0 Å². The molecule has 0 N–H and O–H groups in total. The molecular weight excluding hydrogens is 234 g/mol. The second-order valence-electron chi connectivity index (χ2n) is 5.87. The van der Waals surface area contributed by atoms with Crippen LogP contribution in [0.2, 0.25) is 0 Å². The van der Waals surface area contributed by atoms with Gasteiger partial charge < -0.3 is 0 Å². The molecule has 0 unspecified atom stereocenters. The number of likely N-dealkylation sites (tertiary alicyclic amines) is 1. The number of halogens is 1. The van der Waals surface area contributed by atoms with E-state index in [1.165, 1.54) is 12.8 Å². The molecular formula is C14H24ClNO. The average Bonchev–Trinajstić information content (AvgIpc) is 2.33. The number of ketones is 1. The zero-order chi connectivity index (χ0) is 12.3. The van der Waals surface area contributed by atoms with Crippen LogP contribution in [0, 0.1) is 11.8 Å². The third-order valence-corrected chi connectivity index (χ3v) is 4.80. The lowest BCUT2D eigenvalue weighted by atomic mass is 9.85. The van der Waals surface area contributed by atoms with Crippen molar-refractivity contribution in [2.75, 3.05) is 19.6 Å². The van der Waals surface area contributed by atoms with Crippen molar-refractivity contribution in [1.29, 1.82) is 0 Å². The fraction of sp³-hybridized carbons (Fsp3) is 0.929. The van der Waals surface area contributed by atoms with Crippen LogP contribution in [0.1, 0.15) is 45.4 Å². The van der Waals surface area contributed by atoms with Crippen LogP contribution in [0.4, 0.5) is 0 Å². The van der Waals surface area contributed by atoms with Crippen molar-refractivity contribution in [3.63, 3.8) is 0 Å². The third-order valence-electron chi connectivity index (χ3n) is 4.37. The zero-order valence-corrected chi connectivity index (χ0v) is 11.6. The molecule has 1 aliphatic heterocycles. The molecule has 2 aliphatic rings. The molecule has 3 heteroatoms. The van der Waals surface area contributed by atoms with Gasteiger partial charge in [-0.05, 0) is 57.5 Å². The molecule has 0 aromatic heterocycles. The first-order valence-corrected chi connectivity index (χ1v) is 7.48. The lowest BCUT2D eigenvalue weighted by Crippen LogP contribution is -2.39. The van der Waals surface area contributed by atoms with Crippen LogP contribution in [0.25, 0.3) is 0 Å². The highest BCUT2D eigenvalue weighted by atomic mass is 35.5. The van der Waals surface area contributed by atoms with E-state index in [4.69, 9.17) is 11.6 Å². The van der Waals surface area contributed by atoms with Crippen LogP contribution in [-0.2, 0) is 4.79 Å². The van der Waals surface area contributed by atoms with Gasteiger partial charge in [0.2, 0.25) is 0 Å². The molecule has 17 heavy (non-hydrogen) atoms. The largest absolute Gasteiger partial charge is 0.298 e. The highest BCUT2D eigenvalue weighted by Gasteiger charge is 2.27. The predicted octanol–water partition coefficient (Wildman–Crippen LogP) is 3.09. The number of hydrogen-bond acceptors (Lipinski definition) is 2.